The van der Waals surface area contributed by atoms with Crippen LogP contribution in [-0.4, -0.2) is 23.7 Å². The van der Waals surface area contributed by atoms with E-state index in [1.165, 1.54) is 0 Å². The number of carbonyl (C=O) groups excluding carboxylic acids is 1. The van der Waals surface area contributed by atoms with Crippen molar-refractivity contribution in [3.8, 4) is 0 Å². The van der Waals surface area contributed by atoms with Gasteiger partial charge in [-0.05, 0) is 24.6 Å². The van der Waals surface area contributed by atoms with Crippen LogP contribution in [0.2, 0.25) is 0 Å². The van der Waals surface area contributed by atoms with Crippen LogP contribution in [0.25, 0.3) is 0 Å². The largest absolute Gasteiger partial charge is 0.395 e. The zero-order valence-corrected chi connectivity index (χ0v) is 11.1. The molecule has 17 heavy (non-hydrogen) atoms. The number of nitrogens with one attached hydrogen (secondary N) is 2. The maximum Gasteiger partial charge on any atom is 0.246 e. The van der Waals surface area contributed by atoms with Crippen LogP contribution in [0.3, 0.4) is 0 Å². The zero-order valence-electron chi connectivity index (χ0n) is 9.53. The summed E-state index contributed by atoms with van der Waals surface area (Å²) in [6.07, 6.45) is 0.781. The number of fused-ring (bicyclic) bond motifs is 1. The van der Waals surface area contributed by atoms with Crippen LogP contribution >= 0.6 is 15.9 Å². The first kappa shape index (κ1) is 12.5. The zero-order chi connectivity index (χ0) is 12.4. The molecule has 1 aliphatic heterocycles. The normalized spacial score (nSPS) is 19.9. The lowest BCUT2D eigenvalue weighted by Crippen LogP contribution is -2.38. The lowest BCUT2D eigenvalue weighted by atomic mass is 10.1. The minimum Gasteiger partial charge on any atom is -0.395 e. The number of amides is 1. The number of halogens is 1. The van der Waals surface area contributed by atoms with E-state index in [0.29, 0.717) is 0 Å². The van der Waals surface area contributed by atoms with Crippen LogP contribution in [0, 0.1) is 0 Å². The van der Waals surface area contributed by atoms with Crippen LogP contribution in [0.1, 0.15) is 24.9 Å². The van der Waals surface area contributed by atoms with E-state index < -0.39 is 0 Å². The first-order valence-corrected chi connectivity index (χ1v) is 6.42. The Hall–Kier alpha value is -0.910. The van der Waals surface area contributed by atoms with E-state index in [1.54, 1.807) is 0 Å². The maximum absolute atomic E-state index is 11.8. The number of hydrogen-bond donors (Lipinski definition) is 3. The fourth-order valence-electron chi connectivity index (χ4n) is 1.93. The summed E-state index contributed by atoms with van der Waals surface area (Å²) in [5.74, 6) is -0.0648. The fourth-order valence-corrected chi connectivity index (χ4v) is 2.31. The van der Waals surface area contributed by atoms with Gasteiger partial charge in [0.25, 0.3) is 0 Å². The van der Waals surface area contributed by atoms with E-state index in [4.69, 9.17) is 0 Å². The Bertz CT molecular complexity index is 433. The quantitative estimate of drug-likeness (QED) is 0.794. The van der Waals surface area contributed by atoms with Crippen molar-refractivity contribution in [2.75, 3.05) is 11.9 Å². The van der Waals surface area contributed by atoms with Crippen LogP contribution in [0.5, 0.6) is 0 Å². The highest BCUT2D eigenvalue weighted by atomic mass is 79.9. The van der Waals surface area contributed by atoms with Crippen molar-refractivity contribution in [1.29, 1.82) is 0 Å². The van der Waals surface area contributed by atoms with Crippen molar-refractivity contribution >= 4 is 27.5 Å². The van der Waals surface area contributed by atoms with E-state index in [0.717, 1.165) is 22.1 Å². The standard InChI is InChI=1S/C12H15BrN2O2/c1-2-8(6-16)14-11-9-5-7(13)3-4-10(9)15-12(11)17/h3-5,8,11,14,16H,2,6H2,1H3,(H,15,17). The summed E-state index contributed by atoms with van der Waals surface area (Å²) in [6.45, 7) is 2.01. The number of aliphatic hydroxyl groups is 1. The predicted octanol–water partition coefficient (Wildman–Crippen LogP) is 1.80. The van der Waals surface area contributed by atoms with Gasteiger partial charge in [-0.2, -0.15) is 0 Å². The summed E-state index contributed by atoms with van der Waals surface area (Å²) in [5, 5.41) is 15.2. The summed E-state index contributed by atoms with van der Waals surface area (Å²) in [4.78, 5) is 11.8. The van der Waals surface area contributed by atoms with Gasteiger partial charge < -0.3 is 10.4 Å². The molecule has 2 rings (SSSR count). The molecule has 4 nitrogen and oxygen atoms in total. The van der Waals surface area contributed by atoms with Crippen molar-refractivity contribution in [2.45, 2.75) is 25.4 Å². The molecule has 92 valence electrons. The third kappa shape index (κ3) is 2.51. The average molecular weight is 299 g/mol. The maximum atomic E-state index is 11.8. The highest BCUT2D eigenvalue weighted by Crippen LogP contribution is 2.33. The Labute approximate surface area is 109 Å². The molecule has 0 aromatic heterocycles. The second-order valence-electron chi connectivity index (χ2n) is 4.11. The molecule has 0 saturated heterocycles. The molecular formula is C12H15BrN2O2. The Kier molecular flexibility index (Phi) is 3.81. The number of rotatable bonds is 4. The molecule has 1 aromatic carbocycles. The summed E-state index contributed by atoms with van der Waals surface area (Å²) in [7, 11) is 0. The second kappa shape index (κ2) is 5.16. The molecular weight excluding hydrogens is 284 g/mol. The first-order chi connectivity index (χ1) is 8.15. The minimum absolute atomic E-state index is 0.0314. The minimum atomic E-state index is -0.375. The van der Waals surface area contributed by atoms with Crippen molar-refractivity contribution in [3.05, 3.63) is 28.2 Å². The van der Waals surface area contributed by atoms with Gasteiger partial charge in [-0.25, -0.2) is 0 Å². The summed E-state index contributed by atoms with van der Waals surface area (Å²) >= 11 is 3.40. The van der Waals surface area contributed by atoms with Crippen LogP contribution < -0.4 is 10.6 Å². The van der Waals surface area contributed by atoms with Crippen molar-refractivity contribution in [2.24, 2.45) is 0 Å². The molecule has 0 aliphatic carbocycles. The molecule has 2 unspecified atom stereocenters. The van der Waals surface area contributed by atoms with E-state index >= 15 is 0 Å². The van der Waals surface area contributed by atoms with Gasteiger partial charge in [0, 0.05) is 21.8 Å². The van der Waals surface area contributed by atoms with E-state index in [9.17, 15) is 9.90 Å². The Morgan fingerprint density at radius 2 is 2.35 bits per heavy atom. The number of hydrogen-bond acceptors (Lipinski definition) is 3. The van der Waals surface area contributed by atoms with Gasteiger partial charge in [0.1, 0.15) is 6.04 Å². The van der Waals surface area contributed by atoms with Crippen LogP contribution in [-0.2, 0) is 4.79 Å². The Balaban J connectivity index is 2.24. The van der Waals surface area contributed by atoms with Gasteiger partial charge in [-0.1, -0.05) is 22.9 Å². The first-order valence-electron chi connectivity index (χ1n) is 5.63. The molecule has 1 heterocycles. The summed E-state index contributed by atoms with van der Waals surface area (Å²) in [5.41, 5.74) is 1.76. The average Bonchev–Trinajstić information content (AvgIpc) is 2.62. The van der Waals surface area contributed by atoms with Crippen molar-refractivity contribution in [3.63, 3.8) is 0 Å². The van der Waals surface area contributed by atoms with Gasteiger partial charge in [-0.3, -0.25) is 10.1 Å². The third-order valence-corrected chi connectivity index (χ3v) is 3.45. The highest BCUT2D eigenvalue weighted by molar-refractivity contribution is 9.10. The van der Waals surface area contributed by atoms with Crippen LogP contribution in [0.15, 0.2) is 22.7 Å². The Morgan fingerprint density at radius 3 is 3.00 bits per heavy atom. The van der Waals surface area contributed by atoms with Gasteiger partial charge in [0.2, 0.25) is 5.91 Å². The molecule has 2 atom stereocenters. The number of carbonyl (C=O) groups is 1. The molecule has 1 aliphatic rings. The predicted molar refractivity (Wildman–Crippen MR) is 69.8 cm³/mol. The number of anilines is 1. The molecule has 5 heteroatoms. The lowest BCUT2D eigenvalue weighted by Gasteiger charge is -2.18. The highest BCUT2D eigenvalue weighted by Gasteiger charge is 2.31. The molecule has 0 spiro atoms. The number of aliphatic hydroxyl groups excluding tert-OH is 1. The van der Waals surface area contributed by atoms with Crippen LogP contribution in [0.4, 0.5) is 5.69 Å². The molecule has 3 N–H and O–H groups in total. The van der Waals surface area contributed by atoms with E-state index in [1.807, 2.05) is 25.1 Å². The third-order valence-electron chi connectivity index (χ3n) is 2.96. The van der Waals surface area contributed by atoms with Gasteiger partial charge in [-0.15, -0.1) is 0 Å². The van der Waals surface area contributed by atoms with Crippen molar-refractivity contribution < 1.29 is 9.90 Å². The summed E-state index contributed by atoms with van der Waals surface area (Å²) in [6, 6.07) is 5.26. The monoisotopic (exact) mass is 298 g/mol. The molecule has 1 amide bonds. The van der Waals surface area contributed by atoms with Crippen molar-refractivity contribution in [1.82, 2.24) is 5.32 Å². The number of benzene rings is 1. The molecule has 0 saturated carbocycles. The smallest absolute Gasteiger partial charge is 0.246 e. The SMILES string of the molecule is CCC(CO)NC1C(=O)Nc2ccc(Br)cc21. The lowest BCUT2D eigenvalue weighted by molar-refractivity contribution is -0.117. The molecule has 0 radical (unpaired) electrons. The van der Waals surface area contributed by atoms with Gasteiger partial charge >= 0.3 is 0 Å². The molecule has 1 aromatic rings. The van der Waals surface area contributed by atoms with E-state index in [-0.39, 0.29) is 24.6 Å². The van der Waals surface area contributed by atoms with Gasteiger partial charge in [0.05, 0.1) is 6.61 Å². The Morgan fingerprint density at radius 1 is 1.59 bits per heavy atom. The summed E-state index contributed by atoms with van der Waals surface area (Å²) < 4.78 is 0.941. The fraction of sp³-hybridized carbons (Fsp3) is 0.417. The van der Waals surface area contributed by atoms with E-state index in [2.05, 4.69) is 26.6 Å². The molecule has 0 bridgehead atoms. The molecule has 0 fully saturated rings. The van der Waals surface area contributed by atoms with Gasteiger partial charge in [0.15, 0.2) is 0 Å². The second-order valence-corrected chi connectivity index (χ2v) is 5.02. The topological polar surface area (TPSA) is 61.4 Å².